The van der Waals surface area contributed by atoms with Crippen LogP contribution in [0.25, 0.3) is 5.69 Å². The molecule has 3 aromatic rings. The zero-order valence-electron chi connectivity index (χ0n) is 12.3. The Morgan fingerprint density at radius 3 is 2.68 bits per heavy atom. The van der Waals surface area contributed by atoms with Gasteiger partial charge < -0.3 is 4.74 Å². The van der Waals surface area contributed by atoms with Crippen LogP contribution < -0.4 is 4.74 Å². The minimum Gasteiger partial charge on any atom is -0.452 e. The zero-order chi connectivity index (χ0) is 15.5. The minimum absolute atomic E-state index is 0.200. The second-order valence-corrected chi connectivity index (χ2v) is 5.10. The first kappa shape index (κ1) is 14.2. The molecule has 2 heterocycles. The molecular formula is C16H15FN4O. The van der Waals surface area contributed by atoms with Gasteiger partial charge in [0.05, 0.1) is 18.1 Å². The fraction of sp³-hybridized carbons (Fsp3) is 0.188. The molecule has 0 saturated heterocycles. The van der Waals surface area contributed by atoms with Crippen molar-refractivity contribution in [2.75, 3.05) is 0 Å². The lowest BCUT2D eigenvalue weighted by atomic mass is 10.2. The first-order valence-corrected chi connectivity index (χ1v) is 6.91. The van der Waals surface area contributed by atoms with Gasteiger partial charge in [-0.3, -0.25) is 4.57 Å². The predicted octanol–water partition coefficient (Wildman–Crippen LogP) is 3.72. The summed E-state index contributed by atoms with van der Waals surface area (Å²) in [5.41, 5.74) is 0.588. The fourth-order valence-corrected chi connectivity index (χ4v) is 2.18. The molecule has 0 saturated carbocycles. The number of aromatic nitrogens is 4. The van der Waals surface area contributed by atoms with Gasteiger partial charge in [-0.1, -0.05) is 13.8 Å². The van der Waals surface area contributed by atoms with Crippen molar-refractivity contribution >= 4 is 0 Å². The third kappa shape index (κ3) is 2.81. The second-order valence-electron chi connectivity index (χ2n) is 5.10. The number of imidazole rings is 1. The first-order valence-electron chi connectivity index (χ1n) is 6.91. The molecule has 0 aliphatic heterocycles. The minimum atomic E-state index is -0.338. The maximum Gasteiger partial charge on any atom is 0.164 e. The lowest BCUT2D eigenvalue weighted by Gasteiger charge is -2.15. The molecule has 0 aliphatic carbocycles. The van der Waals surface area contributed by atoms with Gasteiger partial charge in [0, 0.05) is 24.4 Å². The third-order valence-electron chi connectivity index (χ3n) is 3.13. The van der Waals surface area contributed by atoms with Gasteiger partial charge in [-0.25, -0.2) is 19.3 Å². The van der Waals surface area contributed by atoms with Crippen molar-refractivity contribution in [3.05, 3.63) is 61.0 Å². The van der Waals surface area contributed by atoms with Gasteiger partial charge in [0.2, 0.25) is 0 Å². The summed E-state index contributed by atoms with van der Waals surface area (Å²) in [5.74, 6) is 1.69. The predicted molar refractivity (Wildman–Crippen MR) is 79.7 cm³/mol. The number of benzene rings is 1. The quantitative estimate of drug-likeness (QED) is 0.736. The number of rotatable bonds is 4. The van der Waals surface area contributed by atoms with E-state index in [1.807, 2.05) is 18.4 Å². The maximum atomic E-state index is 13.7. The van der Waals surface area contributed by atoms with E-state index in [9.17, 15) is 4.39 Å². The van der Waals surface area contributed by atoms with Crippen molar-refractivity contribution in [2.24, 2.45) is 0 Å². The van der Waals surface area contributed by atoms with Crippen molar-refractivity contribution in [1.82, 2.24) is 19.5 Å². The van der Waals surface area contributed by atoms with Gasteiger partial charge in [-0.2, -0.15) is 0 Å². The Morgan fingerprint density at radius 2 is 1.95 bits per heavy atom. The molecule has 112 valence electrons. The highest BCUT2D eigenvalue weighted by Crippen LogP contribution is 2.30. The summed E-state index contributed by atoms with van der Waals surface area (Å²) in [6, 6.07) is 4.36. The molecule has 0 bridgehead atoms. The second kappa shape index (κ2) is 5.93. The Labute approximate surface area is 127 Å². The smallest absolute Gasteiger partial charge is 0.164 e. The molecule has 1 aromatic carbocycles. The summed E-state index contributed by atoms with van der Waals surface area (Å²) in [6.07, 6.45) is 8.01. The van der Waals surface area contributed by atoms with Crippen molar-refractivity contribution in [3.63, 3.8) is 0 Å². The molecular weight excluding hydrogens is 283 g/mol. The van der Waals surface area contributed by atoms with Gasteiger partial charge in [0.25, 0.3) is 0 Å². The molecule has 0 aliphatic rings. The van der Waals surface area contributed by atoms with E-state index in [4.69, 9.17) is 4.74 Å². The molecule has 2 aromatic heterocycles. The molecule has 0 N–H and O–H groups in total. The van der Waals surface area contributed by atoms with E-state index in [0.29, 0.717) is 17.2 Å². The van der Waals surface area contributed by atoms with E-state index < -0.39 is 0 Å². The average Bonchev–Trinajstić information content (AvgIpc) is 3.00. The molecule has 6 heteroatoms. The zero-order valence-corrected chi connectivity index (χ0v) is 12.3. The van der Waals surface area contributed by atoms with Crippen LogP contribution in [-0.4, -0.2) is 19.5 Å². The number of hydrogen-bond donors (Lipinski definition) is 0. The monoisotopic (exact) mass is 298 g/mol. The lowest BCUT2D eigenvalue weighted by molar-refractivity contribution is 0.471. The highest BCUT2D eigenvalue weighted by atomic mass is 19.1. The van der Waals surface area contributed by atoms with Crippen molar-refractivity contribution in [1.29, 1.82) is 0 Å². The largest absolute Gasteiger partial charge is 0.452 e. The van der Waals surface area contributed by atoms with Crippen molar-refractivity contribution < 1.29 is 9.13 Å². The van der Waals surface area contributed by atoms with Crippen LogP contribution in [0.15, 0.2) is 49.3 Å². The maximum absolute atomic E-state index is 13.7. The first-order chi connectivity index (χ1) is 10.6. The van der Waals surface area contributed by atoms with E-state index in [-0.39, 0.29) is 11.7 Å². The highest BCUT2D eigenvalue weighted by Gasteiger charge is 2.14. The molecule has 22 heavy (non-hydrogen) atoms. The Kier molecular flexibility index (Phi) is 3.82. The average molecular weight is 298 g/mol. The van der Waals surface area contributed by atoms with E-state index in [0.717, 1.165) is 5.82 Å². The SMILES string of the molecule is CC(C)c1nccn1-c1cc(F)ccc1Oc1cncnc1. The number of halogens is 1. The van der Waals surface area contributed by atoms with E-state index in [1.165, 1.54) is 18.5 Å². The summed E-state index contributed by atoms with van der Waals surface area (Å²) >= 11 is 0. The molecule has 3 rings (SSSR count). The Hall–Kier alpha value is -2.76. The van der Waals surface area contributed by atoms with Crippen LogP contribution in [0.5, 0.6) is 11.5 Å². The lowest BCUT2D eigenvalue weighted by Crippen LogP contribution is -2.04. The van der Waals surface area contributed by atoms with Crippen LogP contribution in [0, 0.1) is 5.82 Å². The summed E-state index contributed by atoms with van der Waals surface area (Å²) in [6.45, 7) is 4.06. The molecule has 0 spiro atoms. The van der Waals surface area contributed by atoms with E-state index in [2.05, 4.69) is 15.0 Å². The summed E-state index contributed by atoms with van der Waals surface area (Å²) < 4.78 is 21.3. The molecule has 5 nitrogen and oxygen atoms in total. The number of ether oxygens (including phenoxy) is 1. The Balaban J connectivity index is 2.07. The third-order valence-corrected chi connectivity index (χ3v) is 3.13. The molecule has 0 fully saturated rings. The fourth-order valence-electron chi connectivity index (χ4n) is 2.18. The van der Waals surface area contributed by atoms with Gasteiger partial charge in [0.15, 0.2) is 11.5 Å². The standard InChI is InChI=1S/C16H15FN4O/c1-11(2)16-20-5-6-21(16)14-7-12(17)3-4-15(14)22-13-8-18-10-19-9-13/h3-11H,1-2H3. The van der Waals surface area contributed by atoms with Gasteiger partial charge in [-0.05, 0) is 12.1 Å². The molecule has 0 radical (unpaired) electrons. The van der Waals surface area contributed by atoms with Crippen LogP contribution in [0.1, 0.15) is 25.6 Å². The Bertz CT molecular complexity index is 771. The normalized spacial score (nSPS) is 10.9. The van der Waals surface area contributed by atoms with Gasteiger partial charge >= 0.3 is 0 Å². The summed E-state index contributed by atoms with van der Waals surface area (Å²) in [7, 11) is 0. The van der Waals surface area contributed by atoms with Gasteiger partial charge in [0.1, 0.15) is 18.0 Å². The van der Waals surface area contributed by atoms with Crippen molar-refractivity contribution in [2.45, 2.75) is 19.8 Å². The van der Waals surface area contributed by atoms with E-state index in [1.54, 1.807) is 30.9 Å². The van der Waals surface area contributed by atoms with Crippen LogP contribution in [0.3, 0.4) is 0 Å². The van der Waals surface area contributed by atoms with Crippen LogP contribution in [-0.2, 0) is 0 Å². The number of hydrogen-bond acceptors (Lipinski definition) is 4. The van der Waals surface area contributed by atoms with Crippen LogP contribution >= 0.6 is 0 Å². The molecule has 0 amide bonds. The van der Waals surface area contributed by atoms with Gasteiger partial charge in [-0.15, -0.1) is 0 Å². The molecule has 0 unspecified atom stereocenters. The summed E-state index contributed by atoms with van der Waals surface area (Å²) in [5, 5.41) is 0. The van der Waals surface area contributed by atoms with Crippen molar-refractivity contribution in [3.8, 4) is 17.2 Å². The molecule has 0 atom stereocenters. The summed E-state index contributed by atoms with van der Waals surface area (Å²) in [4.78, 5) is 12.1. The number of nitrogens with zero attached hydrogens (tertiary/aromatic N) is 4. The highest BCUT2D eigenvalue weighted by molar-refractivity contribution is 5.49. The van der Waals surface area contributed by atoms with E-state index >= 15 is 0 Å². The van der Waals surface area contributed by atoms with Crippen LogP contribution in [0.4, 0.5) is 4.39 Å². The topological polar surface area (TPSA) is 52.8 Å². The Morgan fingerprint density at radius 1 is 1.18 bits per heavy atom. The van der Waals surface area contributed by atoms with Crippen LogP contribution in [0.2, 0.25) is 0 Å².